The largest absolute Gasteiger partial charge is 0.476 e. The average molecular weight is 507 g/mol. The van der Waals surface area contributed by atoms with Crippen molar-refractivity contribution in [2.75, 3.05) is 21.9 Å². The van der Waals surface area contributed by atoms with Gasteiger partial charge in [0.15, 0.2) is 11.9 Å². The third kappa shape index (κ3) is 5.28. The van der Waals surface area contributed by atoms with Gasteiger partial charge in [0.05, 0.1) is 18.0 Å². The van der Waals surface area contributed by atoms with E-state index in [-0.39, 0.29) is 23.5 Å². The zero-order chi connectivity index (χ0) is 26.1. The fourth-order valence-corrected chi connectivity index (χ4v) is 5.13. The molecule has 0 aliphatic carbocycles. The summed E-state index contributed by atoms with van der Waals surface area (Å²) in [6.45, 7) is 7.75. The number of nitrogens with zero attached hydrogens (tertiary/aromatic N) is 1. The number of anilines is 2. The quantitative estimate of drug-likeness (QED) is 0.486. The van der Waals surface area contributed by atoms with Crippen LogP contribution >= 0.6 is 0 Å². The van der Waals surface area contributed by atoms with Crippen LogP contribution in [0.3, 0.4) is 0 Å². The number of carbonyl (C=O) groups is 2. The lowest BCUT2D eigenvalue weighted by molar-refractivity contribution is -0.122. The third-order valence-corrected chi connectivity index (χ3v) is 7.88. The highest BCUT2D eigenvalue weighted by molar-refractivity contribution is 7.92. The van der Waals surface area contributed by atoms with E-state index in [0.717, 1.165) is 5.56 Å². The third-order valence-electron chi connectivity index (χ3n) is 6.13. The van der Waals surface area contributed by atoms with Gasteiger partial charge in [-0.05, 0) is 42.2 Å². The van der Waals surface area contributed by atoms with Crippen LogP contribution < -0.4 is 14.4 Å². The lowest BCUT2D eigenvalue weighted by Gasteiger charge is -2.34. The number of ketones is 1. The predicted octanol–water partition coefficient (Wildman–Crippen LogP) is 4.77. The number of fused-ring (bicyclic) bond motifs is 1. The number of amides is 1. The second-order valence-electron chi connectivity index (χ2n) is 9.73. The summed E-state index contributed by atoms with van der Waals surface area (Å²) >= 11 is 0. The lowest BCUT2D eigenvalue weighted by Crippen LogP contribution is -2.49. The second-order valence-corrected chi connectivity index (χ2v) is 11.9. The first-order valence-corrected chi connectivity index (χ1v) is 13.4. The van der Waals surface area contributed by atoms with E-state index in [1.165, 1.54) is 4.31 Å². The molecule has 1 N–H and O–H groups in total. The molecule has 0 unspecified atom stereocenters. The van der Waals surface area contributed by atoms with Gasteiger partial charge in [-0.25, -0.2) is 8.42 Å². The fourth-order valence-electron chi connectivity index (χ4n) is 4.01. The molecule has 3 aromatic rings. The number of para-hydroxylation sites is 2. The van der Waals surface area contributed by atoms with Crippen LogP contribution in [0.25, 0.3) is 0 Å². The molecule has 0 spiro atoms. The highest BCUT2D eigenvalue weighted by atomic mass is 32.2. The van der Waals surface area contributed by atoms with Gasteiger partial charge in [-0.15, -0.1) is 0 Å². The van der Waals surface area contributed by atoms with Gasteiger partial charge in [0.2, 0.25) is 10.0 Å². The van der Waals surface area contributed by atoms with E-state index in [0.29, 0.717) is 28.3 Å². The van der Waals surface area contributed by atoms with Crippen molar-refractivity contribution in [3.8, 4) is 5.75 Å². The molecule has 1 heterocycles. The Morgan fingerprint density at radius 3 is 2.33 bits per heavy atom. The Labute approximate surface area is 212 Å². The Hall–Kier alpha value is -3.65. The van der Waals surface area contributed by atoms with Gasteiger partial charge in [0, 0.05) is 16.8 Å². The molecule has 0 bridgehead atoms. The standard InChI is InChI=1S/C28H30N2O5S/c1-5-36(33,34)30-18-25(35-24-12-7-6-11-23(24)30)27(32)29-22-10-8-9-20(17-22)26(31)19-13-15-21(16-14-19)28(2,3)4/h6-17,25H,5,18H2,1-4H3,(H,29,32)/t25-/m0/s1. The van der Waals surface area contributed by atoms with E-state index in [1.807, 2.05) is 24.3 Å². The van der Waals surface area contributed by atoms with Crippen molar-refractivity contribution in [1.82, 2.24) is 0 Å². The van der Waals surface area contributed by atoms with Gasteiger partial charge in [-0.2, -0.15) is 0 Å². The van der Waals surface area contributed by atoms with Crippen molar-refractivity contribution in [3.05, 3.63) is 89.5 Å². The number of hydrogen-bond donors (Lipinski definition) is 1. The smallest absolute Gasteiger partial charge is 0.267 e. The molecule has 0 saturated heterocycles. The zero-order valence-electron chi connectivity index (χ0n) is 20.8. The molecule has 1 amide bonds. The Kier molecular flexibility index (Phi) is 6.91. The maximum Gasteiger partial charge on any atom is 0.267 e. The zero-order valence-corrected chi connectivity index (χ0v) is 21.6. The van der Waals surface area contributed by atoms with E-state index < -0.39 is 22.0 Å². The summed E-state index contributed by atoms with van der Waals surface area (Å²) in [5.74, 6) is -0.436. The lowest BCUT2D eigenvalue weighted by atomic mass is 9.86. The van der Waals surface area contributed by atoms with Crippen molar-refractivity contribution in [2.45, 2.75) is 39.2 Å². The van der Waals surface area contributed by atoms with Crippen LogP contribution in [0.5, 0.6) is 5.75 Å². The van der Waals surface area contributed by atoms with Crippen molar-refractivity contribution in [1.29, 1.82) is 0 Å². The van der Waals surface area contributed by atoms with Crippen molar-refractivity contribution < 1.29 is 22.7 Å². The van der Waals surface area contributed by atoms with Crippen LogP contribution in [0.4, 0.5) is 11.4 Å². The first-order chi connectivity index (χ1) is 17.0. The topological polar surface area (TPSA) is 92.8 Å². The van der Waals surface area contributed by atoms with Crippen LogP contribution in [0.15, 0.2) is 72.8 Å². The molecule has 1 aliphatic heterocycles. The number of ether oxygens (including phenoxy) is 1. The molecule has 3 aromatic carbocycles. The molecule has 0 aromatic heterocycles. The second kappa shape index (κ2) is 9.78. The fraction of sp³-hybridized carbons (Fsp3) is 0.286. The van der Waals surface area contributed by atoms with E-state index in [4.69, 9.17) is 4.74 Å². The van der Waals surface area contributed by atoms with Crippen LogP contribution in [-0.2, 0) is 20.2 Å². The maximum atomic E-state index is 13.1. The first kappa shape index (κ1) is 25.4. The van der Waals surface area contributed by atoms with Crippen LogP contribution in [-0.4, -0.2) is 38.5 Å². The Morgan fingerprint density at radius 1 is 0.972 bits per heavy atom. The molecule has 1 atom stereocenters. The highest BCUT2D eigenvalue weighted by Gasteiger charge is 2.36. The molecule has 36 heavy (non-hydrogen) atoms. The molecule has 0 saturated carbocycles. The molecule has 0 radical (unpaired) electrons. The molecule has 7 nitrogen and oxygen atoms in total. The normalized spacial score (nSPS) is 15.6. The van der Waals surface area contributed by atoms with Gasteiger partial charge in [-0.1, -0.05) is 69.3 Å². The van der Waals surface area contributed by atoms with Crippen molar-refractivity contribution in [3.63, 3.8) is 0 Å². The molecule has 0 fully saturated rings. The predicted molar refractivity (Wildman–Crippen MR) is 141 cm³/mol. The minimum absolute atomic E-state index is 0.0144. The minimum atomic E-state index is -3.61. The van der Waals surface area contributed by atoms with E-state index in [9.17, 15) is 18.0 Å². The summed E-state index contributed by atoms with van der Waals surface area (Å²) in [4.78, 5) is 26.1. The summed E-state index contributed by atoms with van der Waals surface area (Å²) in [6.07, 6.45) is -1.05. The van der Waals surface area contributed by atoms with Crippen molar-refractivity contribution >= 4 is 33.1 Å². The van der Waals surface area contributed by atoms with Crippen molar-refractivity contribution in [2.24, 2.45) is 0 Å². The molecular formula is C28H30N2O5S. The molecule has 4 rings (SSSR count). The van der Waals surface area contributed by atoms with E-state index in [2.05, 4.69) is 26.1 Å². The summed E-state index contributed by atoms with van der Waals surface area (Å²) in [7, 11) is -3.61. The SMILES string of the molecule is CCS(=O)(=O)N1C[C@@H](C(=O)Nc2cccc(C(=O)c3ccc(C(C)(C)C)cc3)c2)Oc2ccccc21. The number of carbonyl (C=O) groups excluding carboxylic acids is 2. The Bertz CT molecular complexity index is 1390. The monoisotopic (exact) mass is 506 g/mol. The summed E-state index contributed by atoms with van der Waals surface area (Å²) in [6, 6.07) is 20.9. The Morgan fingerprint density at radius 2 is 1.67 bits per heavy atom. The van der Waals surface area contributed by atoms with E-state index >= 15 is 0 Å². The molecule has 8 heteroatoms. The van der Waals surface area contributed by atoms with E-state index in [1.54, 1.807) is 55.5 Å². The van der Waals surface area contributed by atoms with Crippen LogP contribution in [0, 0.1) is 0 Å². The molecule has 188 valence electrons. The number of rotatable bonds is 6. The van der Waals surface area contributed by atoms with Gasteiger partial charge >= 0.3 is 0 Å². The average Bonchev–Trinajstić information content (AvgIpc) is 2.87. The highest BCUT2D eigenvalue weighted by Crippen LogP contribution is 2.35. The first-order valence-electron chi connectivity index (χ1n) is 11.8. The molecule has 1 aliphatic rings. The summed E-state index contributed by atoms with van der Waals surface area (Å²) < 4.78 is 32.4. The molecular weight excluding hydrogens is 476 g/mol. The minimum Gasteiger partial charge on any atom is -0.476 e. The summed E-state index contributed by atoms with van der Waals surface area (Å²) in [5, 5.41) is 2.77. The number of hydrogen-bond acceptors (Lipinski definition) is 5. The number of sulfonamides is 1. The summed E-state index contributed by atoms with van der Waals surface area (Å²) in [5.41, 5.74) is 2.94. The van der Waals surface area contributed by atoms with Gasteiger partial charge < -0.3 is 10.1 Å². The van der Waals surface area contributed by atoms with Crippen LogP contribution in [0.1, 0.15) is 49.2 Å². The Balaban J connectivity index is 1.52. The maximum absolute atomic E-state index is 13.1. The number of nitrogens with one attached hydrogen (secondary N) is 1. The number of benzene rings is 3. The van der Waals surface area contributed by atoms with Gasteiger partial charge in [-0.3, -0.25) is 13.9 Å². The van der Waals surface area contributed by atoms with Crippen LogP contribution in [0.2, 0.25) is 0 Å². The van der Waals surface area contributed by atoms with Gasteiger partial charge in [0.1, 0.15) is 5.75 Å². The van der Waals surface area contributed by atoms with Gasteiger partial charge in [0.25, 0.3) is 5.91 Å².